The Morgan fingerprint density at radius 3 is 2.27 bits per heavy atom. The number of carbonyl (C=O) groups excluding carboxylic acids is 1. The maximum atomic E-state index is 11.6. The third-order valence-corrected chi connectivity index (χ3v) is 6.09. The van der Waals surface area contributed by atoms with Crippen molar-refractivity contribution in [3.63, 3.8) is 0 Å². The number of halogens is 1. The van der Waals surface area contributed by atoms with E-state index in [1.54, 1.807) is 19.2 Å². The molecule has 3 N–H and O–H groups in total. The minimum Gasteiger partial charge on any atom is -0.457 e. The summed E-state index contributed by atoms with van der Waals surface area (Å²) in [4.78, 5) is 14.3. The Hall–Kier alpha value is -2.12. The van der Waals surface area contributed by atoms with Gasteiger partial charge in [0.1, 0.15) is 11.5 Å². The van der Waals surface area contributed by atoms with E-state index in [1.165, 1.54) is 18.4 Å². The molecule has 0 unspecified atom stereocenters. The SMILES string of the molecule is CNC(=O)c1ccc(Oc2ccc(CN3CCNCC34CCNCC4)cc2)cc1.Cl. The molecule has 0 aliphatic carbocycles. The standard InChI is InChI=1S/C23H30N4O2.ClH/c1-24-22(28)19-4-8-21(9-5-19)29-20-6-2-18(3-7-20)16-27-15-14-26-17-23(27)10-12-25-13-11-23;/h2-9,25-26H,10-17H2,1H3,(H,24,28);1H. The van der Waals surface area contributed by atoms with Gasteiger partial charge in [-0.05, 0) is 67.9 Å². The van der Waals surface area contributed by atoms with Crippen molar-refractivity contribution in [2.45, 2.75) is 24.9 Å². The molecule has 2 heterocycles. The molecule has 2 aromatic carbocycles. The van der Waals surface area contributed by atoms with Gasteiger partial charge in [-0.1, -0.05) is 12.1 Å². The van der Waals surface area contributed by atoms with Gasteiger partial charge in [-0.25, -0.2) is 0 Å². The van der Waals surface area contributed by atoms with Crippen molar-refractivity contribution in [1.29, 1.82) is 0 Å². The quantitative estimate of drug-likeness (QED) is 0.680. The summed E-state index contributed by atoms with van der Waals surface area (Å²) in [6, 6.07) is 15.5. The molecule has 2 fully saturated rings. The third-order valence-electron chi connectivity index (χ3n) is 6.09. The second-order valence-corrected chi connectivity index (χ2v) is 7.92. The zero-order valence-corrected chi connectivity index (χ0v) is 18.3. The second kappa shape index (κ2) is 10.3. The van der Waals surface area contributed by atoms with Crippen LogP contribution in [-0.4, -0.2) is 56.1 Å². The Balaban J connectivity index is 0.00000256. The Labute approximate surface area is 184 Å². The topological polar surface area (TPSA) is 65.6 Å². The van der Waals surface area contributed by atoms with Gasteiger partial charge in [0.25, 0.3) is 5.91 Å². The molecule has 30 heavy (non-hydrogen) atoms. The highest BCUT2D eigenvalue weighted by atomic mass is 35.5. The molecule has 4 rings (SSSR count). The molecule has 162 valence electrons. The molecule has 2 saturated heterocycles. The van der Waals surface area contributed by atoms with Gasteiger partial charge < -0.3 is 20.7 Å². The highest BCUT2D eigenvalue weighted by Crippen LogP contribution is 2.30. The van der Waals surface area contributed by atoms with E-state index in [2.05, 4.69) is 33.0 Å². The monoisotopic (exact) mass is 430 g/mol. The van der Waals surface area contributed by atoms with Crippen LogP contribution in [0, 0.1) is 0 Å². The number of benzene rings is 2. The minimum absolute atomic E-state index is 0. The third kappa shape index (κ3) is 5.13. The van der Waals surface area contributed by atoms with Gasteiger partial charge in [0, 0.05) is 44.3 Å². The molecule has 7 heteroatoms. The summed E-state index contributed by atoms with van der Waals surface area (Å²) in [5.74, 6) is 1.43. The summed E-state index contributed by atoms with van der Waals surface area (Å²) in [5, 5.41) is 9.71. The van der Waals surface area contributed by atoms with E-state index in [-0.39, 0.29) is 23.9 Å². The lowest BCUT2D eigenvalue weighted by Crippen LogP contribution is -2.64. The zero-order chi connectivity index (χ0) is 20.1. The van der Waals surface area contributed by atoms with Crippen LogP contribution >= 0.6 is 12.4 Å². The van der Waals surface area contributed by atoms with Crippen LogP contribution in [0.3, 0.4) is 0 Å². The number of nitrogens with one attached hydrogen (secondary N) is 3. The first-order valence-electron chi connectivity index (χ1n) is 10.4. The van der Waals surface area contributed by atoms with Crippen molar-refractivity contribution >= 4 is 18.3 Å². The fourth-order valence-electron chi connectivity index (χ4n) is 4.35. The van der Waals surface area contributed by atoms with Crippen molar-refractivity contribution in [2.24, 2.45) is 0 Å². The molecule has 1 spiro atoms. The van der Waals surface area contributed by atoms with Crippen LogP contribution in [0.2, 0.25) is 0 Å². The maximum absolute atomic E-state index is 11.6. The lowest BCUT2D eigenvalue weighted by atomic mass is 9.84. The molecule has 6 nitrogen and oxygen atoms in total. The second-order valence-electron chi connectivity index (χ2n) is 7.92. The number of piperidine rings is 1. The van der Waals surface area contributed by atoms with Crippen LogP contribution in [0.5, 0.6) is 11.5 Å². The molecule has 2 aliphatic heterocycles. The predicted molar refractivity (Wildman–Crippen MR) is 122 cm³/mol. The van der Waals surface area contributed by atoms with Crippen LogP contribution in [0.15, 0.2) is 48.5 Å². The van der Waals surface area contributed by atoms with E-state index in [0.717, 1.165) is 50.8 Å². The van der Waals surface area contributed by atoms with Crippen LogP contribution in [0.1, 0.15) is 28.8 Å². The first kappa shape index (κ1) is 22.6. The molecule has 0 bridgehead atoms. The lowest BCUT2D eigenvalue weighted by molar-refractivity contribution is 0.0263. The zero-order valence-electron chi connectivity index (χ0n) is 17.4. The van der Waals surface area contributed by atoms with Crippen LogP contribution in [0.25, 0.3) is 0 Å². The highest BCUT2D eigenvalue weighted by molar-refractivity contribution is 5.94. The van der Waals surface area contributed by atoms with E-state index in [9.17, 15) is 4.79 Å². The molecular weight excluding hydrogens is 400 g/mol. The molecule has 2 aromatic rings. The summed E-state index contributed by atoms with van der Waals surface area (Å²) in [5.41, 5.74) is 2.22. The van der Waals surface area contributed by atoms with Gasteiger partial charge in [0.15, 0.2) is 0 Å². The molecule has 2 aliphatic rings. The number of carbonyl (C=O) groups is 1. The number of ether oxygens (including phenoxy) is 1. The van der Waals surface area contributed by atoms with Crippen molar-refractivity contribution in [2.75, 3.05) is 39.8 Å². The minimum atomic E-state index is -0.0969. The Bertz CT molecular complexity index is 812. The van der Waals surface area contributed by atoms with E-state index in [1.807, 2.05) is 24.3 Å². The van der Waals surface area contributed by atoms with Crippen LogP contribution in [-0.2, 0) is 6.54 Å². The van der Waals surface area contributed by atoms with E-state index < -0.39 is 0 Å². The van der Waals surface area contributed by atoms with Gasteiger partial charge in [-0.2, -0.15) is 0 Å². The van der Waals surface area contributed by atoms with E-state index >= 15 is 0 Å². The first-order chi connectivity index (χ1) is 14.2. The summed E-state index contributed by atoms with van der Waals surface area (Å²) in [6.45, 7) is 6.41. The smallest absolute Gasteiger partial charge is 0.251 e. The van der Waals surface area contributed by atoms with E-state index in [0.29, 0.717) is 5.56 Å². The summed E-state index contributed by atoms with van der Waals surface area (Å²) < 4.78 is 5.94. The summed E-state index contributed by atoms with van der Waals surface area (Å²) in [7, 11) is 1.63. The van der Waals surface area contributed by atoms with Gasteiger partial charge >= 0.3 is 0 Å². The van der Waals surface area contributed by atoms with Gasteiger partial charge in [0.2, 0.25) is 0 Å². The number of amides is 1. The normalized spacial score (nSPS) is 18.4. The molecule has 0 aromatic heterocycles. The average Bonchev–Trinajstić information content (AvgIpc) is 2.77. The van der Waals surface area contributed by atoms with Gasteiger partial charge in [0.05, 0.1) is 0 Å². The number of rotatable bonds is 5. The van der Waals surface area contributed by atoms with E-state index in [4.69, 9.17) is 4.74 Å². The van der Waals surface area contributed by atoms with Crippen LogP contribution in [0.4, 0.5) is 0 Å². The lowest BCUT2D eigenvalue weighted by Gasteiger charge is -2.50. The van der Waals surface area contributed by atoms with Crippen molar-refractivity contribution in [3.8, 4) is 11.5 Å². The van der Waals surface area contributed by atoms with Gasteiger partial charge in [-0.3, -0.25) is 9.69 Å². The highest BCUT2D eigenvalue weighted by Gasteiger charge is 2.39. The fourth-order valence-corrected chi connectivity index (χ4v) is 4.35. The average molecular weight is 431 g/mol. The Morgan fingerprint density at radius 1 is 1.00 bits per heavy atom. The fraction of sp³-hybridized carbons (Fsp3) is 0.435. The number of hydrogen-bond acceptors (Lipinski definition) is 5. The largest absolute Gasteiger partial charge is 0.457 e. The molecule has 0 atom stereocenters. The number of hydrogen-bond donors (Lipinski definition) is 3. The van der Waals surface area contributed by atoms with Crippen molar-refractivity contribution in [3.05, 3.63) is 59.7 Å². The van der Waals surface area contributed by atoms with Crippen molar-refractivity contribution < 1.29 is 9.53 Å². The molecular formula is C23H31ClN4O2. The van der Waals surface area contributed by atoms with Gasteiger partial charge in [-0.15, -0.1) is 12.4 Å². The summed E-state index contributed by atoms with van der Waals surface area (Å²) in [6.07, 6.45) is 2.40. The Morgan fingerprint density at radius 2 is 1.63 bits per heavy atom. The number of nitrogens with zero attached hydrogens (tertiary/aromatic N) is 1. The Kier molecular flexibility index (Phi) is 7.72. The summed E-state index contributed by atoms with van der Waals surface area (Å²) >= 11 is 0. The molecule has 1 amide bonds. The molecule has 0 saturated carbocycles. The van der Waals surface area contributed by atoms with Crippen LogP contribution < -0.4 is 20.7 Å². The predicted octanol–water partition coefficient (Wildman–Crippen LogP) is 2.79. The number of piperazine rings is 1. The molecule has 0 radical (unpaired) electrons. The van der Waals surface area contributed by atoms with Crippen molar-refractivity contribution in [1.82, 2.24) is 20.9 Å². The first-order valence-corrected chi connectivity index (χ1v) is 10.4. The maximum Gasteiger partial charge on any atom is 0.251 e.